The molecule has 1 aliphatic carbocycles. The van der Waals surface area contributed by atoms with Gasteiger partial charge >= 0.3 is 0 Å². The van der Waals surface area contributed by atoms with Gasteiger partial charge in [-0.05, 0) is 95.8 Å². The highest BCUT2D eigenvalue weighted by Crippen LogP contribution is 2.39. The molecule has 0 radical (unpaired) electrons. The van der Waals surface area contributed by atoms with E-state index in [1.54, 1.807) is 11.3 Å². The fraction of sp³-hybridized carbons (Fsp3) is 0.0541. The lowest BCUT2D eigenvalue weighted by molar-refractivity contribution is 1.04. The SMILES string of the molecule is N#Cc1ccc2sc3ccc(-c4ccc5c(c4)c4ccccc4n5-c4ccc(C5=CCCC=C5)cc4)cc3c2c1. The lowest BCUT2D eigenvalue weighted by atomic mass is 9.99. The van der Waals surface area contributed by atoms with Crippen LogP contribution < -0.4 is 0 Å². The lowest BCUT2D eigenvalue weighted by Crippen LogP contribution is -1.94. The molecule has 1 aliphatic rings. The maximum absolute atomic E-state index is 9.43. The van der Waals surface area contributed by atoms with Gasteiger partial charge in [0.25, 0.3) is 0 Å². The number of allylic oxidation sites excluding steroid dienone is 4. The predicted molar refractivity (Wildman–Crippen MR) is 170 cm³/mol. The van der Waals surface area contributed by atoms with E-state index in [9.17, 15) is 5.26 Å². The van der Waals surface area contributed by atoms with E-state index in [-0.39, 0.29) is 0 Å². The molecule has 188 valence electrons. The molecule has 0 saturated carbocycles. The summed E-state index contributed by atoms with van der Waals surface area (Å²) in [6.45, 7) is 0. The van der Waals surface area contributed by atoms with Gasteiger partial charge in [0.1, 0.15) is 0 Å². The predicted octanol–water partition coefficient (Wildman–Crippen LogP) is 10.4. The zero-order chi connectivity index (χ0) is 26.6. The van der Waals surface area contributed by atoms with E-state index in [0.717, 1.165) is 18.2 Å². The Labute approximate surface area is 236 Å². The second-order valence-electron chi connectivity index (χ2n) is 10.4. The van der Waals surface area contributed by atoms with Crippen molar-refractivity contribution in [2.24, 2.45) is 0 Å². The van der Waals surface area contributed by atoms with Gasteiger partial charge in [0.15, 0.2) is 0 Å². The normalized spacial score (nSPS) is 13.3. The van der Waals surface area contributed by atoms with Gasteiger partial charge in [-0.2, -0.15) is 5.26 Å². The van der Waals surface area contributed by atoms with Crippen molar-refractivity contribution in [1.29, 1.82) is 5.26 Å². The van der Waals surface area contributed by atoms with Crippen LogP contribution >= 0.6 is 11.3 Å². The number of hydrogen-bond donors (Lipinski definition) is 0. The van der Waals surface area contributed by atoms with Crippen LogP contribution in [-0.4, -0.2) is 4.57 Å². The molecule has 0 bridgehead atoms. The van der Waals surface area contributed by atoms with Gasteiger partial charge in [-0.3, -0.25) is 0 Å². The third-order valence-corrected chi connectivity index (χ3v) is 9.21. The molecule has 5 aromatic carbocycles. The van der Waals surface area contributed by atoms with Crippen molar-refractivity contribution >= 4 is 58.9 Å². The van der Waals surface area contributed by atoms with Crippen LogP contribution in [0.25, 0.3) is 64.4 Å². The monoisotopic (exact) mass is 528 g/mol. The molecule has 7 aromatic rings. The van der Waals surface area contributed by atoms with Gasteiger partial charge in [0.05, 0.1) is 22.7 Å². The van der Waals surface area contributed by atoms with Crippen LogP contribution in [0.3, 0.4) is 0 Å². The fourth-order valence-electron chi connectivity index (χ4n) is 6.09. The summed E-state index contributed by atoms with van der Waals surface area (Å²) in [4.78, 5) is 0. The van der Waals surface area contributed by atoms with Crippen LogP contribution in [-0.2, 0) is 0 Å². The summed E-state index contributed by atoms with van der Waals surface area (Å²) in [6, 6.07) is 39.5. The first kappa shape index (κ1) is 23.0. The van der Waals surface area contributed by atoms with E-state index < -0.39 is 0 Å². The minimum atomic E-state index is 0.701. The van der Waals surface area contributed by atoms with Crippen molar-refractivity contribution in [2.75, 3.05) is 0 Å². The molecule has 2 aromatic heterocycles. The highest BCUT2D eigenvalue weighted by molar-refractivity contribution is 7.25. The topological polar surface area (TPSA) is 28.7 Å². The third kappa shape index (κ3) is 3.61. The molecular formula is C37H24N2S. The van der Waals surface area contributed by atoms with Crippen molar-refractivity contribution < 1.29 is 0 Å². The van der Waals surface area contributed by atoms with E-state index in [1.165, 1.54) is 64.5 Å². The Morgan fingerprint density at radius 1 is 0.625 bits per heavy atom. The smallest absolute Gasteiger partial charge is 0.0991 e. The van der Waals surface area contributed by atoms with E-state index in [2.05, 4.69) is 120 Å². The fourth-order valence-corrected chi connectivity index (χ4v) is 7.15. The Morgan fingerprint density at radius 3 is 2.12 bits per heavy atom. The molecule has 8 rings (SSSR count). The standard InChI is InChI=1S/C37H24N2S/c38-23-24-10-18-36-32(20-24)33-22-28(14-19-37(33)40-36)27-13-17-35-31(21-27)30-8-4-5-9-34(30)39(35)29-15-11-26(12-16-29)25-6-2-1-3-7-25/h2,4-22H,1,3H2. The maximum Gasteiger partial charge on any atom is 0.0991 e. The second-order valence-corrected chi connectivity index (χ2v) is 11.5. The van der Waals surface area contributed by atoms with Crippen molar-refractivity contribution in [3.8, 4) is 22.9 Å². The average Bonchev–Trinajstić information content (AvgIpc) is 3.56. The van der Waals surface area contributed by atoms with Gasteiger partial charge in [-0.25, -0.2) is 0 Å². The summed E-state index contributed by atoms with van der Waals surface area (Å²) in [5.74, 6) is 0. The number of para-hydroxylation sites is 1. The molecule has 3 heteroatoms. The molecule has 0 atom stereocenters. The molecule has 2 nitrogen and oxygen atoms in total. The van der Waals surface area contributed by atoms with E-state index in [0.29, 0.717) is 5.56 Å². The van der Waals surface area contributed by atoms with E-state index in [4.69, 9.17) is 0 Å². The minimum absolute atomic E-state index is 0.701. The molecule has 0 unspecified atom stereocenters. The Kier molecular flexibility index (Phi) is 5.23. The molecule has 0 spiro atoms. The van der Waals surface area contributed by atoms with Gasteiger partial charge < -0.3 is 4.57 Å². The molecule has 0 aliphatic heterocycles. The van der Waals surface area contributed by atoms with Gasteiger partial charge in [0, 0.05) is 36.6 Å². The van der Waals surface area contributed by atoms with Gasteiger partial charge in [-0.15, -0.1) is 11.3 Å². The van der Waals surface area contributed by atoms with Crippen molar-refractivity contribution in [3.63, 3.8) is 0 Å². The Hall–Kier alpha value is -4.91. The van der Waals surface area contributed by atoms with Crippen LogP contribution in [0, 0.1) is 11.3 Å². The Balaban J connectivity index is 1.27. The maximum atomic E-state index is 9.43. The van der Waals surface area contributed by atoms with Crippen molar-refractivity contribution in [3.05, 3.63) is 132 Å². The number of nitriles is 1. The third-order valence-electron chi connectivity index (χ3n) is 8.06. The van der Waals surface area contributed by atoms with Crippen LogP contribution in [0.15, 0.2) is 121 Å². The number of thiophene rings is 1. The summed E-state index contributed by atoms with van der Waals surface area (Å²) in [5.41, 5.74) is 9.24. The number of hydrogen-bond acceptors (Lipinski definition) is 2. The Bertz CT molecular complexity index is 2220. The number of aromatic nitrogens is 1. The largest absolute Gasteiger partial charge is 0.309 e. The number of fused-ring (bicyclic) bond motifs is 6. The van der Waals surface area contributed by atoms with Crippen molar-refractivity contribution in [2.45, 2.75) is 12.8 Å². The molecule has 0 saturated heterocycles. The first-order valence-corrected chi connectivity index (χ1v) is 14.5. The van der Waals surface area contributed by atoms with Gasteiger partial charge in [-0.1, -0.05) is 60.7 Å². The average molecular weight is 529 g/mol. The molecule has 0 fully saturated rings. The summed E-state index contributed by atoms with van der Waals surface area (Å²) >= 11 is 1.78. The van der Waals surface area contributed by atoms with Crippen LogP contribution in [0.5, 0.6) is 0 Å². The highest BCUT2D eigenvalue weighted by Gasteiger charge is 2.14. The zero-order valence-electron chi connectivity index (χ0n) is 21.8. The highest BCUT2D eigenvalue weighted by atomic mass is 32.1. The summed E-state index contributed by atoms with van der Waals surface area (Å²) in [7, 11) is 0. The zero-order valence-corrected chi connectivity index (χ0v) is 22.6. The quantitative estimate of drug-likeness (QED) is 0.224. The second kappa shape index (κ2) is 9.09. The van der Waals surface area contributed by atoms with E-state index in [1.807, 2.05) is 12.1 Å². The lowest BCUT2D eigenvalue weighted by Gasteiger charge is -2.11. The van der Waals surface area contributed by atoms with E-state index >= 15 is 0 Å². The van der Waals surface area contributed by atoms with Crippen LogP contribution in [0.4, 0.5) is 0 Å². The molecular weight excluding hydrogens is 504 g/mol. The Morgan fingerprint density at radius 2 is 1.32 bits per heavy atom. The van der Waals surface area contributed by atoms with Crippen LogP contribution in [0.1, 0.15) is 24.0 Å². The number of benzene rings is 5. The first-order valence-electron chi connectivity index (χ1n) is 13.6. The number of nitrogens with zero attached hydrogens (tertiary/aromatic N) is 2. The molecule has 40 heavy (non-hydrogen) atoms. The summed E-state index contributed by atoms with van der Waals surface area (Å²) in [6.07, 6.45) is 9.06. The molecule has 0 amide bonds. The van der Waals surface area contributed by atoms with Gasteiger partial charge in [0.2, 0.25) is 0 Å². The molecule has 2 heterocycles. The summed E-state index contributed by atoms with van der Waals surface area (Å²) < 4.78 is 4.84. The van der Waals surface area contributed by atoms with Crippen molar-refractivity contribution in [1.82, 2.24) is 4.57 Å². The molecule has 0 N–H and O–H groups in total. The minimum Gasteiger partial charge on any atom is -0.309 e. The van der Waals surface area contributed by atoms with Crippen LogP contribution in [0.2, 0.25) is 0 Å². The first-order chi connectivity index (χ1) is 19.8. The summed E-state index contributed by atoms with van der Waals surface area (Å²) in [5, 5.41) is 14.3. The number of rotatable bonds is 3.